The zero-order valence-corrected chi connectivity index (χ0v) is 18.2. The lowest BCUT2D eigenvalue weighted by Crippen LogP contribution is -2.47. The van der Waals surface area contributed by atoms with Gasteiger partial charge in [0, 0.05) is 45.3 Å². The van der Waals surface area contributed by atoms with Crippen LogP contribution in [-0.2, 0) is 4.74 Å². The number of ether oxygens (including phenoxy) is 1. The van der Waals surface area contributed by atoms with Crippen LogP contribution < -0.4 is 4.90 Å². The summed E-state index contributed by atoms with van der Waals surface area (Å²) in [6, 6.07) is 6.74. The van der Waals surface area contributed by atoms with Gasteiger partial charge in [0.15, 0.2) is 0 Å². The highest BCUT2D eigenvalue weighted by molar-refractivity contribution is 5.92. The second kappa shape index (κ2) is 9.23. The van der Waals surface area contributed by atoms with Crippen LogP contribution in [0.1, 0.15) is 68.3 Å². The molecule has 1 amide bonds. The normalized spacial score (nSPS) is 24.9. The number of anilines is 1. The van der Waals surface area contributed by atoms with Crippen LogP contribution in [0.4, 0.5) is 5.82 Å². The number of carbonyl (C=O) groups excluding carboxylic acids is 1. The van der Waals surface area contributed by atoms with Crippen molar-refractivity contribution < 1.29 is 9.53 Å². The van der Waals surface area contributed by atoms with Gasteiger partial charge in [-0.3, -0.25) is 4.79 Å². The van der Waals surface area contributed by atoms with E-state index in [1.807, 2.05) is 23.1 Å². The first-order valence-electron chi connectivity index (χ1n) is 12.2. The molecule has 3 saturated heterocycles. The number of nitrogens with zero attached hydrogens (tertiary/aromatic N) is 4. The van der Waals surface area contributed by atoms with Gasteiger partial charge in [0.1, 0.15) is 11.5 Å². The van der Waals surface area contributed by atoms with Gasteiger partial charge in [-0.15, -0.1) is 0 Å². The largest absolute Gasteiger partial charge is 0.375 e. The van der Waals surface area contributed by atoms with Crippen LogP contribution in [-0.4, -0.2) is 78.2 Å². The Morgan fingerprint density at radius 2 is 1.50 bits per heavy atom. The van der Waals surface area contributed by atoms with Crippen LogP contribution in [0.2, 0.25) is 0 Å². The lowest BCUT2D eigenvalue weighted by atomic mass is 9.89. The minimum Gasteiger partial charge on any atom is -0.375 e. The van der Waals surface area contributed by atoms with E-state index in [1.165, 1.54) is 45.2 Å². The second-order valence-corrected chi connectivity index (χ2v) is 9.52. The average molecular weight is 413 g/mol. The van der Waals surface area contributed by atoms with E-state index in [0.717, 1.165) is 63.7 Å². The predicted octanol–water partition coefficient (Wildman–Crippen LogP) is 3.32. The van der Waals surface area contributed by atoms with Crippen molar-refractivity contribution in [3.8, 4) is 0 Å². The number of carbonyl (C=O) groups is 1. The first-order chi connectivity index (χ1) is 14.8. The third kappa shape index (κ3) is 4.50. The number of likely N-dealkylation sites (tertiary alicyclic amines) is 2. The summed E-state index contributed by atoms with van der Waals surface area (Å²) in [4.78, 5) is 24.3. The topological polar surface area (TPSA) is 48.9 Å². The maximum atomic E-state index is 12.7. The van der Waals surface area contributed by atoms with Crippen molar-refractivity contribution in [3.63, 3.8) is 0 Å². The van der Waals surface area contributed by atoms with E-state index in [-0.39, 0.29) is 5.91 Å². The highest BCUT2D eigenvalue weighted by Crippen LogP contribution is 2.29. The van der Waals surface area contributed by atoms with E-state index in [2.05, 4.69) is 9.80 Å². The molecule has 1 aliphatic carbocycles. The Morgan fingerprint density at radius 3 is 2.13 bits per heavy atom. The van der Waals surface area contributed by atoms with Crippen molar-refractivity contribution in [2.24, 2.45) is 0 Å². The molecule has 4 heterocycles. The molecule has 0 N–H and O–H groups in total. The molecule has 4 fully saturated rings. The second-order valence-electron chi connectivity index (χ2n) is 9.52. The molecule has 0 unspecified atom stereocenters. The molecular formula is C24H36N4O2. The highest BCUT2D eigenvalue weighted by Gasteiger charge is 2.31. The van der Waals surface area contributed by atoms with E-state index >= 15 is 0 Å². The van der Waals surface area contributed by atoms with Crippen LogP contribution in [0.15, 0.2) is 18.2 Å². The fourth-order valence-electron chi connectivity index (χ4n) is 5.42. The summed E-state index contributed by atoms with van der Waals surface area (Å²) in [6.07, 6.45) is 11.8. The van der Waals surface area contributed by atoms with Crippen LogP contribution in [0, 0.1) is 0 Å². The van der Waals surface area contributed by atoms with Gasteiger partial charge in [-0.2, -0.15) is 0 Å². The van der Waals surface area contributed by atoms with E-state index in [0.29, 0.717) is 17.9 Å². The fraction of sp³-hybridized carbons (Fsp3) is 0.750. The number of hydrogen-bond donors (Lipinski definition) is 0. The van der Waals surface area contributed by atoms with Crippen LogP contribution in [0.25, 0.3) is 0 Å². The van der Waals surface area contributed by atoms with E-state index in [4.69, 9.17) is 9.72 Å². The van der Waals surface area contributed by atoms with Crippen molar-refractivity contribution in [3.05, 3.63) is 23.9 Å². The van der Waals surface area contributed by atoms with Gasteiger partial charge < -0.3 is 19.4 Å². The molecule has 3 aliphatic heterocycles. The molecule has 1 aromatic heterocycles. The molecule has 164 valence electrons. The van der Waals surface area contributed by atoms with Crippen LogP contribution >= 0.6 is 0 Å². The van der Waals surface area contributed by atoms with E-state index in [1.54, 1.807) is 0 Å². The van der Waals surface area contributed by atoms with Crippen molar-refractivity contribution >= 4 is 11.7 Å². The third-order valence-corrected chi connectivity index (χ3v) is 7.57. The van der Waals surface area contributed by atoms with Gasteiger partial charge in [0.2, 0.25) is 0 Å². The first-order valence-corrected chi connectivity index (χ1v) is 12.2. The van der Waals surface area contributed by atoms with Gasteiger partial charge in [0.05, 0.1) is 12.2 Å². The highest BCUT2D eigenvalue weighted by atomic mass is 16.5. The van der Waals surface area contributed by atoms with E-state index < -0.39 is 0 Å². The lowest BCUT2D eigenvalue weighted by Gasteiger charge is -2.42. The number of pyridine rings is 1. The standard InChI is InChI=1S/C24H36N4O2/c29-24(28-13-1-2-14-28)22-7-4-8-23(25-22)27-17-11-21(12-18-27)30-20-9-15-26(16-10-20)19-5-3-6-19/h4,7-8,19-21H,1-3,5-6,9-18H2. The first kappa shape index (κ1) is 20.3. The zero-order chi connectivity index (χ0) is 20.3. The Balaban J connectivity index is 1.09. The zero-order valence-electron chi connectivity index (χ0n) is 18.2. The molecule has 30 heavy (non-hydrogen) atoms. The summed E-state index contributed by atoms with van der Waals surface area (Å²) in [7, 11) is 0. The maximum absolute atomic E-state index is 12.7. The van der Waals surface area contributed by atoms with Gasteiger partial charge in [-0.05, 0) is 63.5 Å². The summed E-state index contributed by atoms with van der Waals surface area (Å²) in [6.45, 7) is 6.09. The number of piperidine rings is 2. The maximum Gasteiger partial charge on any atom is 0.272 e. The Kier molecular flexibility index (Phi) is 6.23. The molecule has 0 aromatic carbocycles. The predicted molar refractivity (Wildman–Crippen MR) is 118 cm³/mol. The van der Waals surface area contributed by atoms with E-state index in [9.17, 15) is 4.79 Å². The Morgan fingerprint density at radius 1 is 0.833 bits per heavy atom. The van der Waals surface area contributed by atoms with Crippen molar-refractivity contribution in [2.45, 2.75) is 76.0 Å². The average Bonchev–Trinajstić information content (AvgIpc) is 3.29. The Hall–Kier alpha value is -1.66. The number of amides is 1. The number of rotatable bonds is 5. The molecule has 4 aliphatic rings. The Bertz CT molecular complexity index is 716. The molecule has 0 spiro atoms. The Labute approximate surface area is 180 Å². The smallest absolute Gasteiger partial charge is 0.272 e. The SMILES string of the molecule is O=C(c1cccc(N2CCC(OC3CCN(C4CCC4)CC3)CC2)n1)N1CCCC1. The van der Waals surface area contributed by atoms with Gasteiger partial charge >= 0.3 is 0 Å². The third-order valence-electron chi connectivity index (χ3n) is 7.57. The summed E-state index contributed by atoms with van der Waals surface area (Å²) < 4.78 is 6.49. The van der Waals surface area contributed by atoms with Crippen molar-refractivity contribution in [2.75, 3.05) is 44.2 Å². The van der Waals surface area contributed by atoms with Crippen LogP contribution in [0.5, 0.6) is 0 Å². The summed E-state index contributed by atoms with van der Waals surface area (Å²) >= 11 is 0. The molecule has 5 rings (SSSR count). The minimum absolute atomic E-state index is 0.0841. The molecule has 0 atom stereocenters. The lowest BCUT2D eigenvalue weighted by molar-refractivity contribution is -0.0598. The molecule has 0 radical (unpaired) electrons. The molecule has 1 saturated carbocycles. The molecule has 1 aromatic rings. The molecule has 6 nitrogen and oxygen atoms in total. The molecular weight excluding hydrogens is 376 g/mol. The van der Waals surface area contributed by atoms with Crippen LogP contribution in [0.3, 0.4) is 0 Å². The van der Waals surface area contributed by atoms with Gasteiger partial charge in [0.25, 0.3) is 5.91 Å². The van der Waals surface area contributed by atoms with Crippen molar-refractivity contribution in [1.29, 1.82) is 0 Å². The number of hydrogen-bond acceptors (Lipinski definition) is 5. The monoisotopic (exact) mass is 412 g/mol. The van der Waals surface area contributed by atoms with Crippen molar-refractivity contribution in [1.82, 2.24) is 14.8 Å². The minimum atomic E-state index is 0.0841. The van der Waals surface area contributed by atoms with Gasteiger partial charge in [-0.1, -0.05) is 12.5 Å². The molecule has 6 heteroatoms. The summed E-state index contributed by atoms with van der Waals surface area (Å²) in [5.74, 6) is 1.02. The summed E-state index contributed by atoms with van der Waals surface area (Å²) in [5, 5.41) is 0. The number of aromatic nitrogens is 1. The fourth-order valence-corrected chi connectivity index (χ4v) is 5.42. The quantitative estimate of drug-likeness (QED) is 0.743. The van der Waals surface area contributed by atoms with Gasteiger partial charge in [-0.25, -0.2) is 4.98 Å². The summed E-state index contributed by atoms with van der Waals surface area (Å²) in [5.41, 5.74) is 0.589. The molecule has 0 bridgehead atoms.